The van der Waals surface area contributed by atoms with Gasteiger partial charge in [0.15, 0.2) is 0 Å². The number of nitrogens with one attached hydrogen (secondary N) is 1. The lowest BCUT2D eigenvalue weighted by molar-refractivity contribution is 0.600. The Labute approximate surface area is 116 Å². The Kier molecular flexibility index (Phi) is 4.10. The van der Waals surface area contributed by atoms with Crippen molar-refractivity contribution >= 4 is 28.9 Å². The maximum Gasteiger partial charge on any atom is 0.128 e. The Morgan fingerprint density at radius 1 is 1.06 bits per heavy atom. The Balaban J connectivity index is 2.19. The first-order valence-electron chi connectivity index (χ1n) is 5.54. The minimum atomic E-state index is -0.224. The molecule has 2 rings (SSSR count). The van der Waals surface area contributed by atoms with Crippen molar-refractivity contribution in [2.24, 2.45) is 0 Å². The van der Waals surface area contributed by atoms with Crippen molar-refractivity contribution in [1.82, 2.24) is 0 Å². The Hall–Kier alpha value is -1.25. The maximum absolute atomic E-state index is 13.6. The van der Waals surface area contributed by atoms with Gasteiger partial charge in [0.25, 0.3) is 0 Å². The van der Waals surface area contributed by atoms with Gasteiger partial charge in [0.1, 0.15) is 5.82 Å². The summed E-state index contributed by atoms with van der Waals surface area (Å²) in [6.45, 7) is 1.89. The summed E-state index contributed by atoms with van der Waals surface area (Å²) in [5, 5.41) is 4.16. The zero-order valence-corrected chi connectivity index (χ0v) is 11.3. The molecule has 0 radical (unpaired) electrons. The highest BCUT2D eigenvalue weighted by molar-refractivity contribution is 6.42. The van der Waals surface area contributed by atoms with Gasteiger partial charge in [-0.3, -0.25) is 0 Å². The molecule has 0 fully saturated rings. The molecule has 0 aliphatic rings. The molecule has 0 bridgehead atoms. The molecule has 94 valence electrons. The standard InChI is InChI=1S/C14H12Cl2FN/c1-9(11-4-2-3-5-14(11)17)18-10-6-7-12(15)13(16)8-10/h2-9,18H,1H3. The first kappa shape index (κ1) is 13.2. The Morgan fingerprint density at radius 2 is 1.78 bits per heavy atom. The summed E-state index contributed by atoms with van der Waals surface area (Å²) in [6.07, 6.45) is 0. The van der Waals surface area contributed by atoms with Crippen LogP contribution >= 0.6 is 23.2 Å². The molecular formula is C14H12Cl2FN. The average molecular weight is 284 g/mol. The zero-order chi connectivity index (χ0) is 13.1. The Bertz CT molecular complexity index is 557. The van der Waals surface area contributed by atoms with E-state index >= 15 is 0 Å². The zero-order valence-electron chi connectivity index (χ0n) is 9.75. The van der Waals surface area contributed by atoms with Crippen LogP contribution in [0.3, 0.4) is 0 Å². The van der Waals surface area contributed by atoms with Crippen LogP contribution in [-0.4, -0.2) is 0 Å². The molecule has 1 atom stereocenters. The second-order valence-electron chi connectivity index (χ2n) is 4.02. The highest BCUT2D eigenvalue weighted by atomic mass is 35.5. The van der Waals surface area contributed by atoms with Crippen molar-refractivity contribution in [3.8, 4) is 0 Å². The summed E-state index contributed by atoms with van der Waals surface area (Å²) in [5.74, 6) is -0.224. The van der Waals surface area contributed by atoms with Gasteiger partial charge in [0, 0.05) is 11.3 Å². The van der Waals surface area contributed by atoms with Crippen molar-refractivity contribution in [2.45, 2.75) is 13.0 Å². The van der Waals surface area contributed by atoms with Gasteiger partial charge < -0.3 is 5.32 Å². The molecule has 18 heavy (non-hydrogen) atoms. The normalized spacial score (nSPS) is 12.2. The van der Waals surface area contributed by atoms with Crippen molar-refractivity contribution in [3.05, 3.63) is 63.9 Å². The van der Waals surface area contributed by atoms with Crippen molar-refractivity contribution < 1.29 is 4.39 Å². The van der Waals surface area contributed by atoms with E-state index in [9.17, 15) is 4.39 Å². The van der Waals surface area contributed by atoms with Crippen LogP contribution in [0.2, 0.25) is 10.0 Å². The molecule has 2 aromatic rings. The quantitative estimate of drug-likeness (QED) is 0.805. The molecule has 0 aromatic heterocycles. The molecule has 0 aliphatic heterocycles. The minimum absolute atomic E-state index is 0.150. The fourth-order valence-electron chi connectivity index (χ4n) is 1.74. The summed E-state index contributed by atoms with van der Waals surface area (Å²) < 4.78 is 13.6. The topological polar surface area (TPSA) is 12.0 Å². The van der Waals surface area contributed by atoms with Gasteiger partial charge in [-0.1, -0.05) is 41.4 Å². The smallest absolute Gasteiger partial charge is 0.128 e. The van der Waals surface area contributed by atoms with Crippen LogP contribution in [0.5, 0.6) is 0 Å². The summed E-state index contributed by atoms with van der Waals surface area (Å²) in [6, 6.07) is 11.8. The lowest BCUT2D eigenvalue weighted by atomic mass is 10.1. The molecule has 1 N–H and O–H groups in total. The molecule has 1 unspecified atom stereocenters. The lowest BCUT2D eigenvalue weighted by Gasteiger charge is -2.16. The number of rotatable bonds is 3. The second kappa shape index (κ2) is 5.59. The van der Waals surface area contributed by atoms with Gasteiger partial charge in [0.2, 0.25) is 0 Å². The van der Waals surface area contributed by atoms with E-state index in [0.717, 1.165) is 5.69 Å². The third kappa shape index (κ3) is 2.95. The summed E-state index contributed by atoms with van der Waals surface area (Å²) in [5.41, 5.74) is 1.42. The summed E-state index contributed by atoms with van der Waals surface area (Å²) >= 11 is 11.8. The van der Waals surface area contributed by atoms with Crippen LogP contribution < -0.4 is 5.32 Å². The second-order valence-corrected chi connectivity index (χ2v) is 4.83. The van der Waals surface area contributed by atoms with Crippen molar-refractivity contribution in [2.75, 3.05) is 5.32 Å². The van der Waals surface area contributed by atoms with E-state index in [1.54, 1.807) is 24.3 Å². The minimum Gasteiger partial charge on any atom is -0.378 e. The van der Waals surface area contributed by atoms with E-state index in [4.69, 9.17) is 23.2 Å². The highest BCUT2D eigenvalue weighted by Gasteiger charge is 2.10. The van der Waals surface area contributed by atoms with Crippen LogP contribution in [0.1, 0.15) is 18.5 Å². The molecule has 0 saturated heterocycles. The van der Waals surface area contributed by atoms with Crippen molar-refractivity contribution in [1.29, 1.82) is 0 Å². The van der Waals surface area contributed by atoms with Crippen LogP contribution in [0, 0.1) is 5.82 Å². The van der Waals surface area contributed by atoms with Crippen LogP contribution in [0.4, 0.5) is 10.1 Å². The maximum atomic E-state index is 13.6. The number of hydrogen-bond acceptors (Lipinski definition) is 1. The van der Waals surface area contributed by atoms with Gasteiger partial charge >= 0.3 is 0 Å². The molecule has 1 nitrogen and oxygen atoms in total. The van der Waals surface area contributed by atoms with Crippen LogP contribution in [0.15, 0.2) is 42.5 Å². The predicted octanol–water partition coefficient (Wildman–Crippen LogP) is 5.31. The molecule has 0 amide bonds. The number of anilines is 1. The van der Waals surface area contributed by atoms with E-state index < -0.39 is 0 Å². The molecule has 0 saturated carbocycles. The first-order valence-corrected chi connectivity index (χ1v) is 6.29. The van der Waals surface area contributed by atoms with E-state index in [2.05, 4.69) is 5.32 Å². The van der Waals surface area contributed by atoms with Gasteiger partial charge in [-0.15, -0.1) is 0 Å². The van der Waals surface area contributed by atoms with Crippen molar-refractivity contribution in [3.63, 3.8) is 0 Å². The largest absolute Gasteiger partial charge is 0.378 e. The van der Waals surface area contributed by atoms with Crippen LogP contribution in [-0.2, 0) is 0 Å². The van der Waals surface area contributed by atoms with Gasteiger partial charge in [-0.2, -0.15) is 0 Å². The molecule has 0 aliphatic carbocycles. The molecular weight excluding hydrogens is 272 g/mol. The number of hydrogen-bond donors (Lipinski definition) is 1. The van der Waals surface area contributed by atoms with Crippen LogP contribution in [0.25, 0.3) is 0 Å². The molecule has 0 heterocycles. The number of benzene rings is 2. The molecule has 2 aromatic carbocycles. The van der Waals surface area contributed by atoms with E-state index in [-0.39, 0.29) is 11.9 Å². The lowest BCUT2D eigenvalue weighted by Crippen LogP contribution is -2.08. The molecule has 4 heteroatoms. The van der Waals surface area contributed by atoms with Gasteiger partial charge in [-0.05, 0) is 31.2 Å². The third-order valence-corrected chi connectivity index (χ3v) is 3.41. The SMILES string of the molecule is CC(Nc1ccc(Cl)c(Cl)c1)c1ccccc1F. The average Bonchev–Trinajstić information content (AvgIpc) is 2.34. The fourth-order valence-corrected chi connectivity index (χ4v) is 2.04. The predicted molar refractivity (Wildman–Crippen MR) is 74.9 cm³/mol. The fraction of sp³-hybridized carbons (Fsp3) is 0.143. The highest BCUT2D eigenvalue weighted by Crippen LogP contribution is 2.27. The summed E-state index contributed by atoms with van der Waals surface area (Å²) in [4.78, 5) is 0. The monoisotopic (exact) mass is 283 g/mol. The molecule has 0 spiro atoms. The van der Waals surface area contributed by atoms with E-state index in [0.29, 0.717) is 15.6 Å². The number of halogens is 3. The third-order valence-electron chi connectivity index (χ3n) is 2.67. The van der Waals surface area contributed by atoms with Gasteiger partial charge in [-0.25, -0.2) is 4.39 Å². The van der Waals surface area contributed by atoms with E-state index in [1.807, 2.05) is 19.1 Å². The van der Waals surface area contributed by atoms with Gasteiger partial charge in [0.05, 0.1) is 16.1 Å². The Morgan fingerprint density at radius 3 is 2.44 bits per heavy atom. The summed E-state index contributed by atoms with van der Waals surface area (Å²) in [7, 11) is 0. The van der Waals surface area contributed by atoms with E-state index in [1.165, 1.54) is 6.07 Å². The first-order chi connectivity index (χ1) is 8.58.